The van der Waals surface area contributed by atoms with E-state index in [1.54, 1.807) is 12.4 Å². The molecule has 0 fully saturated rings. The third-order valence-corrected chi connectivity index (χ3v) is 2.43. The molecule has 2 rings (SSSR count). The van der Waals surface area contributed by atoms with Gasteiger partial charge in [-0.25, -0.2) is 0 Å². The molecule has 4 heteroatoms. The number of pyridine rings is 2. The number of aromatic nitrogens is 2. The summed E-state index contributed by atoms with van der Waals surface area (Å²) in [6.45, 7) is 2.01. The van der Waals surface area contributed by atoms with Crippen molar-refractivity contribution < 1.29 is 3.79 Å². The highest BCUT2D eigenvalue weighted by Gasteiger charge is 2.04. The van der Waals surface area contributed by atoms with E-state index in [4.69, 9.17) is 3.79 Å². The van der Waals surface area contributed by atoms with Gasteiger partial charge in [0.05, 0.1) is 17.0 Å². The first-order chi connectivity index (χ1) is 7.31. The second-order valence-corrected chi connectivity index (χ2v) is 3.53. The molecule has 0 aliphatic heterocycles. The van der Waals surface area contributed by atoms with Crippen LogP contribution >= 0.6 is 0 Å². The first-order valence-corrected chi connectivity index (χ1v) is 5.18. The fraction of sp³-hybridized carbons (Fsp3) is 0.0909. The Morgan fingerprint density at radius 2 is 2.07 bits per heavy atom. The average molecular weight is 213 g/mol. The summed E-state index contributed by atoms with van der Waals surface area (Å²) in [4.78, 5) is 8.42. The zero-order valence-corrected chi connectivity index (χ0v) is 9.89. The van der Waals surface area contributed by atoms with E-state index in [0.717, 1.165) is 22.6 Å². The van der Waals surface area contributed by atoms with Crippen molar-refractivity contribution in [1.29, 1.82) is 0 Å². The summed E-state index contributed by atoms with van der Waals surface area (Å²) in [5.74, 6) is 0.805. The Kier molecular flexibility index (Phi) is 3.00. The minimum atomic E-state index is 0.805. The highest BCUT2D eigenvalue weighted by molar-refractivity contribution is 6.00. The van der Waals surface area contributed by atoms with Crippen molar-refractivity contribution in [2.24, 2.45) is 0 Å². The topological polar surface area (TPSA) is 35.0 Å². The van der Waals surface area contributed by atoms with Crippen molar-refractivity contribution in [2.75, 3.05) is 0 Å². The van der Waals surface area contributed by atoms with Crippen molar-refractivity contribution in [3.8, 4) is 17.0 Å². The normalized spacial score (nSPS) is 9.93. The van der Waals surface area contributed by atoms with Crippen LogP contribution in [0.15, 0.2) is 36.8 Å². The van der Waals surface area contributed by atoms with Gasteiger partial charge in [0.25, 0.3) is 0 Å². The smallest absolute Gasteiger partial charge is 0.494 e. The first-order valence-electron chi connectivity index (χ1n) is 4.60. The van der Waals surface area contributed by atoms with Crippen molar-refractivity contribution in [3.05, 3.63) is 42.4 Å². The number of hydrogen-bond acceptors (Lipinski definition) is 3. The van der Waals surface area contributed by atoms with Gasteiger partial charge < -0.3 is 3.79 Å². The monoisotopic (exact) mass is 213 g/mol. The Morgan fingerprint density at radius 1 is 1.20 bits per heavy atom. The molecular formula is C11H10AlN2O. The van der Waals surface area contributed by atoms with Gasteiger partial charge in [-0.3, -0.25) is 9.97 Å². The Labute approximate surface area is 96.9 Å². The summed E-state index contributed by atoms with van der Waals surface area (Å²) < 4.78 is 5.28. The Bertz CT molecular complexity index is 456. The minimum Gasteiger partial charge on any atom is -0.650 e. The zero-order chi connectivity index (χ0) is 10.7. The fourth-order valence-electron chi connectivity index (χ4n) is 1.33. The van der Waals surface area contributed by atoms with Crippen molar-refractivity contribution in [1.82, 2.24) is 9.97 Å². The van der Waals surface area contributed by atoms with Gasteiger partial charge in [-0.05, 0) is 24.6 Å². The highest BCUT2D eigenvalue weighted by Crippen LogP contribution is 2.26. The predicted octanol–water partition coefficient (Wildman–Crippen LogP) is 1.65. The lowest BCUT2D eigenvalue weighted by molar-refractivity contribution is 0.617. The first kappa shape index (κ1) is 10.2. The summed E-state index contributed by atoms with van der Waals surface area (Å²) in [6.07, 6.45) is 5.31. The largest absolute Gasteiger partial charge is 0.650 e. The summed E-state index contributed by atoms with van der Waals surface area (Å²) in [5, 5.41) is 0. The Morgan fingerprint density at radius 3 is 2.73 bits per heavy atom. The molecule has 0 atom stereocenters. The Hall–Kier alpha value is -1.37. The molecule has 1 radical (unpaired) electrons. The molecule has 2 aromatic rings. The van der Waals surface area contributed by atoms with E-state index >= 15 is 0 Å². The van der Waals surface area contributed by atoms with Gasteiger partial charge in [-0.15, -0.1) is 0 Å². The maximum absolute atomic E-state index is 5.28. The molecule has 0 aliphatic carbocycles. The molecule has 0 saturated heterocycles. The van der Waals surface area contributed by atoms with Gasteiger partial charge in [0.15, 0.2) is 0 Å². The van der Waals surface area contributed by atoms with E-state index < -0.39 is 0 Å². The van der Waals surface area contributed by atoms with Gasteiger partial charge in [0.1, 0.15) is 0 Å². The molecule has 0 aliphatic rings. The van der Waals surface area contributed by atoms with Crippen LogP contribution in [0.2, 0.25) is 0 Å². The molecule has 0 amide bonds. The third kappa shape index (κ3) is 2.17. The van der Waals surface area contributed by atoms with Gasteiger partial charge in [0.2, 0.25) is 0 Å². The highest BCUT2D eigenvalue weighted by atomic mass is 27.1. The molecule has 15 heavy (non-hydrogen) atoms. The van der Waals surface area contributed by atoms with Crippen LogP contribution in [0.1, 0.15) is 5.56 Å². The SMILES string of the molecule is Cc1ccc(-c2cnccc2[O][AlH])nc1. The lowest BCUT2D eigenvalue weighted by Crippen LogP contribution is -1.92. The van der Waals surface area contributed by atoms with Gasteiger partial charge >= 0.3 is 16.6 Å². The molecule has 0 bridgehead atoms. The van der Waals surface area contributed by atoms with Crippen molar-refractivity contribution in [2.45, 2.75) is 6.92 Å². The molecular weight excluding hydrogens is 203 g/mol. The van der Waals surface area contributed by atoms with E-state index in [0.29, 0.717) is 0 Å². The van der Waals surface area contributed by atoms with E-state index in [1.807, 2.05) is 31.3 Å². The van der Waals surface area contributed by atoms with Crippen LogP contribution in [0.25, 0.3) is 11.3 Å². The predicted molar refractivity (Wildman–Crippen MR) is 60.0 cm³/mol. The van der Waals surface area contributed by atoms with Crippen LogP contribution in [0, 0.1) is 6.92 Å². The van der Waals surface area contributed by atoms with Crippen LogP contribution in [-0.2, 0) is 0 Å². The van der Waals surface area contributed by atoms with Gasteiger partial charge in [-0.2, -0.15) is 0 Å². The van der Waals surface area contributed by atoms with E-state index in [1.165, 1.54) is 16.6 Å². The third-order valence-electron chi connectivity index (χ3n) is 2.12. The average Bonchev–Trinajstić information content (AvgIpc) is 2.30. The van der Waals surface area contributed by atoms with E-state index in [9.17, 15) is 0 Å². The number of aryl methyl sites for hydroxylation is 1. The van der Waals surface area contributed by atoms with Gasteiger partial charge in [-0.1, -0.05) is 6.07 Å². The van der Waals surface area contributed by atoms with Gasteiger partial charge in [0, 0.05) is 18.6 Å². The summed E-state index contributed by atoms with van der Waals surface area (Å²) in [5.41, 5.74) is 2.95. The Balaban J connectivity index is 2.49. The van der Waals surface area contributed by atoms with E-state index in [2.05, 4.69) is 9.97 Å². The minimum absolute atomic E-state index is 0.805. The second-order valence-electron chi connectivity index (χ2n) is 3.24. The molecule has 0 N–H and O–H groups in total. The molecule has 3 nitrogen and oxygen atoms in total. The fourth-order valence-corrected chi connectivity index (χ4v) is 1.58. The molecule has 0 spiro atoms. The lowest BCUT2D eigenvalue weighted by Gasteiger charge is -2.08. The summed E-state index contributed by atoms with van der Waals surface area (Å²) in [6, 6.07) is 5.83. The molecule has 0 unspecified atom stereocenters. The zero-order valence-electron chi connectivity index (χ0n) is 8.47. The molecule has 0 saturated carbocycles. The van der Waals surface area contributed by atoms with Crippen LogP contribution in [0.4, 0.5) is 0 Å². The molecule has 73 valence electrons. The van der Waals surface area contributed by atoms with Crippen molar-refractivity contribution in [3.63, 3.8) is 0 Å². The number of hydrogen-bond donors (Lipinski definition) is 0. The summed E-state index contributed by atoms with van der Waals surface area (Å²) in [7, 11) is 0. The summed E-state index contributed by atoms with van der Waals surface area (Å²) >= 11 is 1.45. The second kappa shape index (κ2) is 4.43. The molecule has 2 aromatic heterocycles. The van der Waals surface area contributed by atoms with Crippen molar-refractivity contribution >= 4 is 16.6 Å². The molecule has 2 heterocycles. The number of nitrogens with zero attached hydrogens (tertiary/aromatic N) is 2. The van der Waals surface area contributed by atoms with Crippen LogP contribution in [0.5, 0.6) is 5.75 Å². The quantitative estimate of drug-likeness (QED) is 0.711. The maximum Gasteiger partial charge on any atom is 0.494 e. The maximum atomic E-state index is 5.28. The standard InChI is InChI=1S/C11H10N2O.Al.H/c1-8-2-3-10(13-6-8)9-7-12-5-4-11(9)14;;/h2-7H,1H3,(H,12,14);;/q;+1;/p-1. The van der Waals surface area contributed by atoms with Crippen LogP contribution < -0.4 is 3.79 Å². The lowest BCUT2D eigenvalue weighted by atomic mass is 10.1. The van der Waals surface area contributed by atoms with Crippen LogP contribution in [0.3, 0.4) is 0 Å². The molecule has 0 aromatic carbocycles. The van der Waals surface area contributed by atoms with Crippen LogP contribution in [-0.4, -0.2) is 26.6 Å². The van der Waals surface area contributed by atoms with E-state index in [-0.39, 0.29) is 0 Å². The number of rotatable bonds is 2.